The number of benzene rings is 2. The lowest BCUT2D eigenvalue weighted by molar-refractivity contribution is -0.384. The number of aliphatic carboxylic acids is 1. The number of non-ortho nitro benzene ring substituents is 1. The van der Waals surface area contributed by atoms with Gasteiger partial charge in [0.1, 0.15) is 35.8 Å². The third-order valence-corrected chi connectivity index (χ3v) is 8.61. The molecule has 0 aromatic heterocycles. The highest BCUT2D eigenvalue weighted by Gasteiger charge is 2.43. The van der Waals surface area contributed by atoms with Crippen molar-refractivity contribution in [3.63, 3.8) is 0 Å². The Morgan fingerprint density at radius 1 is 1.21 bits per heavy atom. The van der Waals surface area contributed by atoms with Gasteiger partial charge >= 0.3 is 11.9 Å². The van der Waals surface area contributed by atoms with Gasteiger partial charge in [-0.25, -0.2) is 14.6 Å². The Bertz CT molecular complexity index is 1600. The van der Waals surface area contributed by atoms with Gasteiger partial charge in [0.15, 0.2) is 0 Å². The van der Waals surface area contributed by atoms with Gasteiger partial charge in [0.05, 0.1) is 23.6 Å². The molecule has 1 saturated heterocycles. The fraction of sp³-hybridized carbons (Fsp3) is 0.457. The Hall–Kier alpha value is -4.77. The van der Waals surface area contributed by atoms with E-state index < -0.39 is 29.0 Å². The Morgan fingerprint density at radius 2 is 1.94 bits per heavy atom. The van der Waals surface area contributed by atoms with Gasteiger partial charge in [-0.15, -0.1) is 0 Å². The summed E-state index contributed by atoms with van der Waals surface area (Å²) in [5, 5.41) is 49.2. The van der Waals surface area contributed by atoms with Crippen molar-refractivity contribution in [1.82, 2.24) is 15.3 Å². The Morgan fingerprint density at radius 3 is 2.56 bits per heavy atom. The summed E-state index contributed by atoms with van der Waals surface area (Å²) < 4.78 is 10.8. The number of allylic oxidation sites excluding steroid dienone is 1. The van der Waals surface area contributed by atoms with E-state index in [0.29, 0.717) is 25.4 Å². The quantitative estimate of drug-likeness (QED) is 0.150. The summed E-state index contributed by atoms with van der Waals surface area (Å²) in [7, 11) is 1.14. The number of nitrogens with zero attached hydrogens (tertiary/aromatic N) is 4. The van der Waals surface area contributed by atoms with Crippen LogP contribution < -0.4 is 10.1 Å². The Kier molecular flexibility index (Phi) is 12.3. The molecule has 2 heterocycles. The minimum Gasteiger partial charge on any atom is -0.491 e. The standard InChI is InChI=1S/C35H43N5O8/c1-22(2)37-19-28(41)21-48-29-14-12-24(13-15-29)10-11-25-7-6-16-38(20-25)39-23(3)31(34(42)43)32(33(30(39)18-36)35(44)47-4)26-8-5-9-27(17-26)40(45)46/h5,8-9,12-15,17,22-23,25,28,37,41H,6-7,10-11,16,19-21H2,1-4H3,(H,42,43). The second kappa shape index (κ2) is 16.4. The van der Waals surface area contributed by atoms with E-state index in [0.717, 1.165) is 38.4 Å². The normalized spacial score (nSPS) is 19.2. The number of carbonyl (C=O) groups excluding carboxylic acids is 1. The Labute approximate surface area is 280 Å². The van der Waals surface area contributed by atoms with Crippen molar-refractivity contribution in [3.8, 4) is 11.8 Å². The maximum atomic E-state index is 13.3. The number of nitro benzene ring substituents is 1. The van der Waals surface area contributed by atoms with Crippen LogP contribution in [0.25, 0.3) is 5.57 Å². The predicted molar refractivity (Wildman–Crippen MR) is 177 cm³/mol. The number of nitriles is 1. The molecule has 0 spiro atoms. The van der Waals surface area contributed by atoms with E-state index in [9.17, 15) is 35.2 Å². The molecule has 0 amide bonds. The molecule has 13 heteroatoms. The van der Waals surface area contributed by atoms with Crippen LogP contribution in [-0.4, -0.2) is 88.6 Å². The molecule has 48 heavy (non-hydrogen) atoms. The molecule has 3 N–H and O–H groups in total. The van der Waals surface area contributed by atoms with Gasteiger partial charge in [0.25, 0.3) is 5.69 Å². The van der Waals surface area contributed by atoms with Crippen molar-refractivity contribution in [2.24, 2.45) is 5.92 Å². The first-order valence-corrected chi connectivity index (χ1v) is 16.1. The van der Waals surface area contributed by atoms with Crippen LogP contribution in [0.1, 0.15) is 51.2 Å². The smallest absolute Gasteiger partial charge is 0.341 e. The topological polar surface area (TPSA) is 178 Å². The molecule has 0 aliphatic carbocycles. The monoisotopic (exact) mass is 661 g/mol. The average molecular weight is 662 g/mol. The summed E-state index contributed by atoms with van der Waals surface area (Å²) in [5.74, 6) is -1.32. The Balaban J connectivity index is 1.53. The molecule has 4 rings (SSSR count). The first-order valence-electron chi connectivity index (χ1n) is 16.1. The van der Waals surface area contributed by atoms with Crippen LogP contribution >= 0.6 is 0 Å². The predicted octanol–water partition coefficient (Wildman–Crippen LogP) is 4.09. The lowest BCUT2D eigenvalue weighted by Gasteiger charge is -2.47. The number of nitrogens with one attached hydrogen (secondary N) is 1. The first kappa shape index (κ1) is 36.1. The number of carboxylic acid groups (broad SMARTS) is 1. The zero-order valence-corrected chi connectivity index (χ0v) is 27.7. The van der Waals surface area contributed by atoms with Gasteiger partial charge in [-0.05, 0) is 61.8 Å². The van der Waals surface area contributed by atoms with E-state index in [1.807, 2.05) is 43.1 Å². The molecular weight excluding hydrogens is 618 g/mol. The number of nitro groups is 1. The van der Waals surface area contributed by atoms with Crippen LogP contribution in [0.2, 0.25) is 0 Å². The van der Waals surface area contributed by atoms with E-state index in [2.05, 4.69) is 11.4 Å². The highest BCUT2D eigenvalue weighted by Crippen LogP contribution is 2.41. The van der Waals surface area contributed by atoms with E-state index in [1.165, 1.54) is 24.3 Å². The molecule has 0 saturated carbocycles. The summed E-state index contributed by atoms with van der Waals surface area (Å²) in [4.78, 5) is 37.0. The highest BCUT2D eigenvalue weighted by molar-refractivity contribution is 6.14. The average Bonchev–Trinajstić information content (AvgIpc) is 3.08. The number of hydrogen-bond donors (Lipinski definition) is 3. The molecule has 2 aliphatic heterocycles. The molecule has 2 aromatic rings. The van der Waals surface area contributed by atoms with Crippen LogP contribution in [0, 0.1) is 27.4 Å². The maximum Gasteiger partial charge on any atom is 0.341 e. The number of rotatable bonds is 14. The number of esters is 1. The SMILES string of the molecule is COC(=O)C1=C(C#N)N(N2CCCC(CCc3ccc(OCC(O)CNC(C)C)cc3)C2)C(C)C(C(=O)O)=C1c1cccc([N+](=O)[O-])c1. The molecule has 0 radical (unpaired) electrons. The number of methoxy groups -OCH3 is 1. The van der Waals surface area contributed by atoms with Crippen molar-refractivity contribution < 1.29 is 34.2 Å². The lowest BCUT2D eigenvalue weighted by atomic mass is 9.84. The van der Waals surface area contributed by atoms with Crippen molar-refractivity contribution >= 4 is 23.2 Å². The van der Waals surface area contributed by atoms with Crippen molar-refractivity contribution in [2.45, 2.75) is 64.6 Å². The minimum atomic E-state index is -1.31. The summed E-state index contributed by atoms with van der Waals surface area (Å²) in [6.07, 6.45) is 2.76. The second-order valence-electron chi connectivity index (χ2n) is 12.4. The van der Waals surface area contributed by atoms with E-state index >= 15 is 0 Å². The van der Waals surface area contributed by atoms with Gasteiger partial charge in [-0.1, -0.05) is 38.1 Å². The van der Waals surface area contributed by atoms with Gasteiger partial charge in [0, 0.05) is 43.4 Å². The van der Waals surface area contributed by atoms with Crippen molar-refractivity contribution in [1.29, 1.82) is 5.26 Å². The number of piperidine rings is 1. The third kappa shape index (κ3) is 8.57. The van der Waals surface area contributed by atoms with Gasteiger partial charge in [-0.3, -0.25) is 15.1 Å². The molecule has 3 unspecified atom stereocenters. The summed E-state index contributed by atoms with van der Waals surface area (Å²) >= 11 is 0. The fourth-order valence-electron chi connectivity index (χ4n) is 6.27. The number of hydrazine groups is 1. The largest absolute Gasteiger partial charge is 0.491 e. The van der Waals surface area contributed by atoms with Crippen molar-refractivity contribution in [2.75, 3.05) is 33.4 Å². The summed E-state index contributed by atoms with van der Waals surface area (Å²) in [6.45, 7) is 7.40. The number of aliphatic hydroxyl groups is 1. The number of ether oxygens (including phenoxy) is 2. The van der Waals surface area contributed by atoms with E-state index in [1.54, 1.807) is 11.9 Å². The number of carboxylic acids is 1. The molecule has 13 nitrogen and oxygen atoms in total. The summed E-state index contributed by atoms with van der Waals surface area (Å²) in [5.41, 5.74) is 0.428. The molecule has 256 valence electrons. The lowest BCUT2D eigenvalue weighted by Crippen LogP contribution is -2.54. The van der Waals surface area contributed by atoms with Crippen LogP contribution in [0.3, 0.4) is 0 Å². The number of aryl methyl sites for hydroxylation is 1. The minimum absolute atomic E-state index is 0.0674. The second-order valence-corrected chi connectivity index (χ2v) is 12.4. The van der Waals surface area contributed by atoms with Crippen molar-refractivity contribution in [3.05, 3.63) is 86.6 Å². The number of hydrogen-bond acceptors (Lipinski definition) is 11. The molecular formula is C35H43N5O8. The van der Waals surface area contributed by atoms with Crippen LogP contribution in [0.4, 0.5) is 5.69 Å². The van der Waals surface area contributed by atoms with E-state index in [4.69, 9.17) is 9.47 Å². The number of carbonyl (C=O) groups is 2. The molecule has 1 fully saturated rings. The first-order chi connectivity index (χ1) is 22.9. The zero-order valence-electron chi connectivity index (χ0n) is 27.7. The summed E-state index contributed by atoms with van der Waals surface area (Å²) in [6, 6.07) is 14.7. The van der Waals surface area contributed by atoms with Crippen LogP contribution in [0.15, 0.2) is 65.4 Å². The van der Waals surface area contributed by atoms with Crippen LogP contribution in [-0.2, 0) is 20.7 Å². The highest BCUT2D eigenvalue weighted by atomic mass is 16.6. The molecule has 2 aromatic carbocycles. The van der Waals surface area contributed by atoms with E-state index in [-0.39, 0.29) is 52.2 Å². The molecule has 2 aliphatic rings. The fourth-order valence-corrected chi connectivity index (χ4v) is 6.27. The van der Waals surface area contributed by atoms with Crippen LogP contribution in [0.5, 0.6) is 5.75 Å². The third-order valence-electron chi connectivity index (χ3n) is 8.61. The van der Waals surface area contributed by atoms with Gasteiger partial charge < -0.3 is 25.0 Å². The molecule has 0 bridgehead atoms. The number of aliphatic hydroxyl groups excluding tert-OH is 1. The zero-order chi connectivity index (χ0) is 35.0. The molecule has 3 atom stereocenters. The maximum absolute atomic E-state index is 13.3. The van der Waals surface area contributed by atoms with Gasteiger partial charge in [-0.2, -0.15) is 5.26 Å². The van der Waals surface area contributed by atoms with Gasteiger partial charge in [0.2, 0.25) is 0 Å².